The molecule has 0 aromatic carbocycles. The summed E-state index contributed by atoms with van der Waals surface area (Å²) in [5.74, 6) is -0.981. The summed E-state index contributed by atoms with van der Waals surface area (Å²) in [6.07, 6.45) is 0.833. The van der Waals surface area contributed by atoms with E-state index in [9.17, 15) is 4.79 Å². The molecule has 0 amide bonds. The van der Waals surface area contributed by atoms with E-state index in [4.69, 9.17) is 5.11 Å². The summed E-state index contributed by atoms with van der Waals surface area (Å²) in [5.41, 5.74) is 0. The maximum atomic E-state index is 9.25. The second-order valence-corrected chi connectivity index (χ2v) is 0.542. The molecule has 2 nitrogen and oxygen atoms in total. The topological polar surface area (TPSA) is 37.3 Å². The molecule has 0 rings (SSSR count). The Hall–Kier alpha value is 0.275. The molecule has 0 aromatic rings. The summed E-state index contributed by atoms with van der Waals surface area (Å²) < 4.78 is 0. The molecule has 1 N–H and O–H groups in total. The van der Waals surface area contributed by atoms with E-state index < -0.39 is 5.97 Å². The molecule has 4 heteroatoms. The Balaban J connectivity index is -0.0000000800. The van der Waals surface area contributed by atoms with E-state index in [2.05, 4.69) is 6.58 Å². The largest absolute Gasteiger partial charge is 0.478 e. The Bertz CT molecular complexity index is 64.0. The maximum Gasteiger partial charge on any atom is 0.327 e. The van der Waals surface area contributed by atoms with E-state index in [1.165, 1.54) is 0 Å². The van der Waals surface area contributed by atoms with Crippen molar-refractivity contribution in [2.45, 2.75) is 0 Å². The number of rotatable bonds is 1. The number of hydrogen-bond donors (Lipinski definition) is 1. The van der Waals surface area contributed by atoms with Crippen LogP contribution in [-0.4, -0.2) is 28.4 Å². The second kappa shape index (κ2) is 9.55. The van der Waals surface area contributed by atoms with Gasteiger partial charge in [0.25, 0.3) is 0 Å². The van der Waals surface area contributed by atoms with Crippen LogP contribution >= 0.6 is 0 Å². The minimum Gasteiger partial charge on any atom is -0.478 e. The molecule has 0 bridgehead atoms. The summed E-state index contributed by atoms with van der Waals surface area (Å²) in [7, 11) is 0. The predicted octanol–water partition coefficient (Wildman–Crippen LogP) is -0.929. The van der Waals surface area contributed by atoms with Crippen LogP contribution in [0, 0.1) is 0 Å². The molecule has 0 saturated carbocycles. The van der Waals surface area contributed by atoms with Gasteiger partial charge in [0.15, 0.2) is 17.4 Å². The van der Waals surface area contributed by atoms with E-state index in [0.717, 1.165) is 6.08 Å². The van der Waals surface area contributed by atoms with Crippen LogP contribution in [0.2, 0.25) is 0 Å². The molecule has 40 valence electrons. The van der Waals surface area contributed by atoms with Gasteiger partial charge in [-0.15, -0.1) is 0 Å². The van der Waals surface area contributed by atoms with E-state index in [0.29, 0.717) is 0 Å². The van der Waals surface area contributed by atoms with Gasteiger partial charge in [0.2, 0.25) is 0 Å². The van der Waals surface area contributed by atoms with Gasteiger partial charge < -0.3 is 5.11 Å². The van der Waals surface area contributed by atoms with Crippen LogP contribution in [0.3, 0.4) is 0 Å². The Kier molecular flexibility index (Phi) is 21.4. The molecule has 0 aliphatic rings. The van der Waals surface area contributed by atoms with Crippen molar-refractivity contribution in [1.82, 2.24) is 0 Å². The smallest absolute Gasteiger partial charge is 0.327 e. The summed E-state index contributed by atoms with van der Waals surface area (Å²) in [5, 5.41) is 7.60. The van der Waals surface area contributed by atoms with Crippen molar-refractivity contribution < 1.29 is 27.3 Å². The van der Waals surface area contributed by atoms with Crippen molar-refractivity contribution in [1.29, 1.82) is 0 Å². The van der Waals surface area contributed by atoms with Gasteiger partial charge in [-0.05, 0) is 0 Å². The fourth-order valence-electron chi connectivity index (χ4n) is 0. The Morgan fingerprint density at radius 2 is 1.86 bits per heavy atom. The molecule has 0 unspecified atom stereocenters. The van der Waals surface area contributed by atoms with Gasteiger partial charge >= 0.3 is 5.97 Å². The summed E-state index contributed by atoms with van der Waals surface area (Å²) in [6.45, 7) is 2.96. The van der Waals surface area contributed by atoms with Crippen molar-refractivity contribution in [2.75, 3.05) is 0 Å². The van der Waals surface area contributed by atoms with Crippen LogP contribution in [0.25, 0.3) is 0 Å². The standard InChI is InChI=1S/C3H4O2.Al.Cr.3H/c1-2-3(4)5;;;;;/h2H,1H2,(H,4,5);;;;;. The Morgan fingerprint density at radius 1 is 1.71 bits per heavy atom. The van der Waals surface area contributed by atoms with Gasteiger partial charge in [-0.1, -0.05) is 6.58 Å². The zero-order chi connectivity index (χ0) is 4.28. The summed E-state index contributed by atoms with van der Waals surface area (Å²) in [4.78, 5) is 9.25. The van der Waals surface area contributed by atoms with E-state index >= 15 is 0 Å². The normalized spacial score (nSPS) is 4.57. The zero-order valence-corrected chi connectivity index (χ0v) is 4.32. The molecule has 7 heavy (non-hydrogen) atoms. The molecule has 0 heterocycles. The average molecular weight is 154 g/mol. The second-order valence-electron chi connectivity index (χ2n) is 0.542. The number of carboxylic acid groups (broad SMARTS) is 1. The van der Waals surface area contributed by atoms with E-state index in [1.807, 2.05) is 0 Å². The van der Waals surface area contributed by atoms with Gasteiger partial charge in [-0.3, -0.25) is 0 Å². The minimum absolute atomic E-state index is 0. The third-order valence-corrected chi connectivity index (χ3v) is 0.175. The van der Waals surface area contributed by atoms with Gasteiger partial charge in [-0.2, -0.15) is 0 Å². The molecular weight excluding hydrogens is 147 g/mol. The molecule has 0 atom stereocenters. The number of hydrogen-bond acceptors (Lipinski definition) is 1. The van der Waals surface area contributed by atoms with Crippen LogP contribution < -0.4 is 0 Å². The molecule has 0 radical (unpaired) electrons. The van der Waals surface area contributed by atoms with Crippen molar-refractivity contribution >= 4 is 23.3 Å². The zero-order valence-electron chi connectivity index (χ0n) is 3.05. The van der Waals surface area contributed by atoms with Crippen LogP contribution in [0.4, 0.5) is 0 Å². The van der Waals surface area contributed by atoms with Gasteiger partial charge in [0.1, 0.15) is 0 Å². The number of aliphatic carboxylic acids is 1. The number of carboxylic acids is 1. The van der Waals surface area contributed by atoms with Crippen LogP contribution in [-0.2, 0) is 22.2 Å². The minimum atomic E-state index is -0.981. The maximum absolute atomic E-state index is 9.25. The van der Waals surface area contributed by atoms with Crippen LogP contribution in [0.5, 0.6) is 0 Å². The van der Waals surface area contributed by atoms with Crippen LogP contribution in [0.1, 0.15) is 0 Å². The molecule has 0 spiro atoms. The first kappa shape index (κ1) is 15.7. The summed E-state index contributed by atoms with van der Waals surface area (Å²) in [6, 6.07) is 0. The number of carbonyl (C=O) groups is 1. The quantitative estimate of drug-likeness (QED) is 0.391. The SMILES string of the molecule is C=CC(=O)O.[AlH3].[Cr]. The third-order valence-electron chi connectivity index (χ3n) is 0.175. The van der Waals surface area contributed by atoms with Crippen molar-refractivity contribution in [3.05, 3.63) is 12.7 Å². The van der Waals surface area contributed by atoms with Crippen molar-refractivity contribution in [3.8, 4) is 0 Å². The first-order valence-corrected chi connectivity index (χ1v) is 1.12. The predicted molar refractivity (Wildman–Crippen MR) is 27.8 cm³/mol. The molecule has 0 aromatic heterocycles. The fraction of sp³-hybridized carbons (Fsp3) is 0. The van der Waals surface area contributed by atoms with Gasteiger partial charge in [-0.25, -0.2) is 4.79 Å². The molecular formula is C3H7AlCrO2. The molecule has 0 fully saturated rings. The fourth-order valence-corrected chi connectivity index (χ4v) is 0. The van der Waals surface area contributed by atoms with Crippen molar-refractivity contribution in [3.63, 3.8) is 0 Å². The van der Waals surface area contributed by atoms with Gasteiger partial charge in [0, 0.05) is 23.4 Å². The Labute approximate surface area is 63.5 Å². The molecule has 0 saturated heterocycles. The first-order valence-electron chi connectivity index (χ1n) is 1.12. The first-order chi connectivity index (χ1) is 2.27. The van der Waals surface area contributed by atoms with Crippen molar-refractivity contribution in [2.24, 2.45) is 0 Å². The van der Waals surface area contributed by atoms with E-state index in [-0.39, 0.29) is 34.7 Å². The molecule has 0 aliphatic heterocycles. The van der Waals surface area contributed by atoms with Crippen LogP contribution in [0.15, 0.2) is 12.7 Å². The summed E-state index contributed by atoms with van der Waals surface area (Å²) >= 11 is 0. The molecule has 0 aliphatic carbocycles. The van der Waals surface area contributed by atoms with E-state index in [1.54, 1.807) is 0 Å². The monoisotopic (exact) mass is 154 g/mol. The Morgan fingerprint density at radius 3 is 1.86 bits per heavy atom. The average Bonchev–Trinajstić information content (AvgIpc) is 1.38. The van der Waals surface area contributed by atoms with Gasteiger partial charge in [0.05, 0.1) is 0 Å². The third kappa shape index (κ3) is 22.2.